The van der Waals surface area contributed by atoms with E-state index in [2.05, 4.69) is 21.2 Å². The second kappa shape index (κ2) is 7.02. The van der Waals surface area contributed by atoms with Crippen LogP contribution in [0, 0.1) is 11.7 Å². The number of amides is 1. The number of benzene rings is 1. The average Bonchev–Trinajstić information content (AvgIpc) is 2.47. The van der Waals surface area contributed by atoms with E-state index in [0.717, 1.165) is 0 Å². The van der Waals surface area contributed by atoms with Crippen LogP contribution in [0.3, 0.4) is 0 Å². The lowest BCUT2D eigenvalue weighted by atomic mass is 9.86. The lowest BCUT2D eigenvalue weighted by molar-refractivity contribution is -0.146. The van der Waals surface area contributed by atoms with Crippen LogP contribution < -0.4 is 5.32 Å². The maximum Gasteiger partial charge on any atom is 0.308 e. The van der Waals surface area contributed by atoms with E-state index in [9.17, 15) is 14.0 Å². The molecule has 0 atom stereocenters. The SMILES string of the molecule is COC(=O)C1CCC(NC(=O)c2ccc(Br)cc2F)CC1. The number of nitrogens with one attached hydrogen (secondary N) is 1. The van der Waals surface area contributed by atoms with Gasteiger partial charge in [-0.05, 0) is 43.9 Å². The molecule has 1 saturated carbocycles. The number of methoxy groups -OCH3 is 1. The Morgan fingerprint density at radius 2 is 1.95 bits per heavy atom. The van der Waals surface area contributed by atoms with Crippen molar-refractivity contribution in [1.29, 1.82) is 0 Å². The molecule has 0 radical (unpaired) electrons. The Hall–Kier alpha value is -1.43. The summed E-state index contributed by atoms with van der Waals surface area (Å²) < 4.78 is 19.0. The second-order valence-electron chi connectivity index (χ2n) is 5.17. The van der Waals surface area contributed by atoms with Crippen molar-refractivity contribution < 1.29 is 18.7 Å². The van der Waals surface area contributed by atoms with Gasteiger partial charge in [0.05, 0.1) is 18.6 Å². The molecule has 0 aromatic heterocycles. The van der Waals surface area contributed by atoms with Gasteiger partial charge < -0.3 is 10.1 Å². The van der Waals surface area contributed by atoms with Gasteiger partial charge in [0, 0.05) is 10.5 Å². The highest BCUT2D eigenvalue weighted by atomic mass is 79.9. The molecule has 0 bridgehead atoms. The number of rotatable bonds is 3. The minimum absolute atomic E-state index is 0.0264. The van der Waals surface area contributed by atoms with Gasteiger partial charge in [0.25, 0.3) is 5.91 Å². The van der Waals surface area contributed by atoms with Crippen molar-refractivity contribution in [2.75, 3.05) is 7.11 Å². The van der Waals surface area contributed by atoms with Crippen LogP contribution in [0.4, 0.5) is 4.39 Å². The van der Waals surface area contributed by atoms with E-state index in [1.165, 1.54) is 19.2 Å². The van der Waals surface area contributed by atoms with E-state index in [1.54, 1.807) is 6.07 Å². The first kappa shape index (κ1) is 15.9. The van der Waals surface area contributed by atoms with Crippen molar-refractivity contribution in [3.63, 3.8) is 0 Å². The van der Waals surface area contributed by atoms with Gasteiger partial charge in [0.15, 0.2) is 0 Å². The van der Waals surface area contributed by atoms with Gasteiger partial charge in [0.1, 0.15) is 5.82 Å². The number of ether oxygens (including phenoxy) is 1. The molecule has 1 amide bonds. The lowest BCUT2D eigenvalue weighted by Crippen LogP contribution is -2.39. The highest BCUT2D eigenvalue weighted by Crippen LogP contribution is 2.25. The maximum absolute atomic E-state index is 13.7. The van der Waals surface area contributed by atoms with E-state index in [4.69, 9.17) is 4.74 Å². The third-order valence-corrected chi connectivity index (χ3v) is 4.27. The number of esters is 1. The number of hydrogen-bond acceptors (Lipinski definition) is 3. The van der Waals surface area contributed by atoms with Gasteiger partial charge in [-0.25, -0.2) is 4.39 Å². The Balaban J connectivity index is 1.91. The first-order chi connectivity index (χ1) is 10.0. The van der Waals surface area contributed by atoms with Crippen LogP contribution in [0.2, 0.25) is 0 Å². The standard InChI is InChI=1S/C15H17BrFNO3/c1-21-15(20)9-2-5-11(6-3-9)18-14(19)12-7-4-10(16)8-13(12)17/h4,7-9,11H,2-3,5-6H2,1H3,(H,18,19). The van der Waals surface area contributed by atoms with Gasteiger partial charge in [-0.1, -0.05) is 15.9 Å². The number of hydrogen-bond donors (Lipinski definition) is 1. The molecule has 0 saturated heterocycles. The van der Waals surface area contributed by atoms with Crippen molar-refractivity contribution in [2.24, 2.45) is 5.92 Å². The Morgan fingerprint density at radius 1 is 1.29 bits per heavy atom. The second-order valence-corrected chi connectivity index (χ2v) is 6.09. The minimum atomic E-state index is -0.551. The molecule has 0 aliphatic heterocycles. The largest absolute Gasteiger partial charge is 0.469 e. The zero-order chi connectivity index (χ0) is 15.4. The topological polar surface area (TPSA) is 55.4 Å². The summed E-state index contributed by atoms with van der Waals surface area (Å²) in [5, 5.41) is 2.83. The van der Waals surface area contributed by atoms with E-state index in [1.807, 2.05) is 0 Å². The van der Waals surface area contributed by atoms with Crippen LogP contribution in [-0.2, 0) is 9.53 Å². The summed E-state index contributed by atoms with van der Waals surface area (Å²) in [6.07, 6.45) is 2.76. The quantitative estimate of drug-likeness (QED) is 0.845. The van der Waals surface area contributed by atoms with E-state index < -0.39 is 11.7 Å². The summed E-state index contributed by atoms with van der Waals surface area (Å²) in [4.78, 5) is 23.5. The van der Waals surface area contributed by atoms with Crippen molar-refractivity contribution >= 4 is 27.8 Å². The predicted octanol–water partition coefficient (Wildman–Crippen LogP) is 3.05. The molecule has 1 aromatic carbocycles. The molecule has 4 nitrogen and oxygen atoms in total. The van der Waals surface area contributed by atoms with Crippen LogP contribution in [-0.4, -0.2) is 25.0 Å². The Bertz CT molecular complexity index is 542. The van der Waals surface area contributed by atoms with Crippen molar-refractivity contribution in [3.8, 4) is 0 Å². The lowest BCUT2D eigenvalue weighted by Gasteiger charge is -2.27. The molecular formula is C15H17BrFNO3. The Morgan fingerprint density at radius 3 is 2.52 bits per heavy atom. The highest BCUT2D eigenvalue weighted by Gasteiger charge is 2.28. The van der Waals surface area contributed by atoms with E-state index in [-0.39, 0.29) is 23.5 Å². The molecule has 1 aromatic rings. The summed E-state index contributed by atoms with van der Waals surface area (Å²) in [6, 6.07) is 4.32. The molecule has 114 valence electrons. The molecule has 2 rings (SSSR count). The van der Waals surface area contributed by atoms with Crippen LogP contribution in [0.5, 0.6) is 0 Å². The maximum atomic E-state index is 13.7. The molecular weight excluding hydrogens is 341 g/mol. The molecule has 6 heteroatoms. The monoisotopic (exact) mass is 357 g/mol. The zero-order valence-corrected chi connectivity index (χ0v) is 13.3. The molecule has 21 heavy (non-hydrogen) atoms. The fourth-order valence-electron chi connectivity index (χ4n) is 2.58. The molecule has 1 aliphatic carbocycles. The smallest absolute Gasteiger partial charge is 0.308 e. The summed E-state index contributed by atoms with van der Waals surface area (Å²) in [5.74, 6) is -1.25. The van der Waals surface area contributed by atoms with Gasteiger partial charge in [0.2, 0.25) is 0 Å². The van der Waals surface area contributed by atoms with Crippen LogP contribution in [0.25, 0.3) is 0 Å². The first-order valence-corrected chi connectivity index (χ1v) is 7.64. The minimum Gasteiger partial charge on any atom is -0.469 e. The fourth-order valence-corrected chi connectivity index (χ4v) is 2.91. The van der Waals surface area contributed by atoms with Gasteiger partial charge in [-0.15, -0.1) is 0 Å². The Labute approximate surface area is 131 Å². The van der Waals surface area contributed by atoms with Crippen LogP contribution >= 0.6 is 15.9 Å². The molecule has 1 N–H and O–H groups in total. The third-order valence-electron chi connectivity index (χ3n) is 3.77. The van der Waals surface area contributed by atoms with E-state index in [0.29, 0.717) is 30.2 Å². The van der Waals surface area contributed by atoms with Gasteiger partial charge >= 0.3 is 5.97 Å². The fraction of sp³-hybridized carbons (Fsp3) is 0.467. The first-order valence-electron chi connectivity index (χ1n) is 6.85. The number of halogens is 2. The average molecular weight is 358 g/mol. The molecule has 1 aliphatic rings. The molecule has 1 fully saturated rings. The number of carbonyl (C=O) groups is 2. The molecule has 0 unspecified atom stereocenters. The summed E-state index contributed by atoms with van der Waals surface area (Å²) in [6.45, 7) is 0. The Kier molecular flexibility index (Phi) is 5.33. The summed E-state index contributed by atoms with van der Waals surface area (Å²) in [7, 11) is 1.38. The van der Waals surface area contributed by atoms with Gasteiger partial charge in [-0.3, -0.25) is 9.59 Å². The number of carbonyl (C=O) groups excluding carboxylic acids is 2. The highest BCUT2D eigenvalue weighted by molar-refractivity contribution is 9.10. The third kappa shape index (κ3) is 4.03. The van der Waals surface area contributed by atoms with E-state index >= 15 is 0 Å². The zero-order valence-electron chi connectivity index (χ0n) is 11.7. The summed E-state index contributed by atoms with van der Waals surface area (Å²) in [5.41, 5.74) is 0.0355. The van der Waals surface area contributed by atoms with Crippen LogP contribution in [0.1, 0.15) is 36.0 Å². The normalized spacial score (nSPS) is 21.7. The predicted molar refractivity (Wildman–Crippen MR) is 79.3 cm³/mol. The molecule has 0 spiro atoms. The van der Waals surface area contributed by atoms with Crippen molar-refractivity contribution in [3.05, 3.63) is 34.1 Å². The van der Waals surface area contributed by atoms with Crippen LogP contribution in [0.15, 0.2) is 22.7 Å². The van der Waals surface area contributed by atoms with Crippen molar-refractivity contribution in [1.82, 2.24) is 5.32 Å². The molecule has 0 heterocycles. The summed E-state index contributed by atoms with van der Waals surface area (Å²) >= 11 is 3.16. The van der Waals surface area contributed by atoms with Gasteiger partial charge in [-0.2, -0.15) is 0 Å². The van der Waals surface area contributed by atoms with Crippen molar-refractivity contribution in [2.45, 2.75) is 31.7 Å².